The maximum absolute atomic E-state index is 13.3. The van der Waals surface area contributed by atoms with Crippen molar-refractivity contribution in [3.8, 4) is 0 Å². The van der Waals surface area contributed by atoms with Crippen molar-refractivity contribution in [2.75, 3.05) is 0 Å². The standard InChI is InChI=1S/C12H6F4Se/c13-7-3-1-4-8(14)11(7)17-12-9(15)5-2-6-10(12)16/h1-6H. The molecule has 0 unspecified atom stereocenters. The van der Waals surface area contributed by atoms with Crippen molar-refractivity contribution in [1.29, 1.82) is 0 Å². The Kier molecular flexibility index (Phi) is 3.50. The third-order valence-corrected chi connectivity index (χ3v) is 4.54. The molecule has 88 valence electrons. The van der Waals surface area contributed by atoms with Gasteiger partial charge >= 0.3 is 101 Å². The van der Waals surface area contributed by atoms with Gasteiger partial charge in [-0.2, -0.15) is 0 Å². The number of benzene rings is 2. The molecule has 0 fully saturated rings. The Bertz CT molecular complexity index is 464. The average molecular weight is 305 g/mol. The Morgan fingerprint density at radius 2 is 0.882 bits per heavy atom. The molecule has 0 aliphatic rings. The molecule has 2 rings (SSSR count). The number of halogens is 4. The SMILES string of the molecule is Fc1cccc(F)c1[Se]c1c(F)cccc1F. The molecule has 0 aliphatic carbocycles. The molecule has 2 aromatic rings. The van der Waals surface area contributed by atoms with Gasteiger partial charge in [0.15, 0.2) is 0 Å². The Morgan fingerprint density at radius 1 is 0.588 bits per heavy atom. The summed E-state index contributed by atoms with van der Waals surface area (Å²) in [6, 6.07) is 6.69. The van der Waals surface area contributed by atoms with E-state index in [0.717, 1.165) is 24.3 Å². The van der Waals surface area contributed by atoms with Crippen molar-refractivity contribution in [3.05, 3.63) is 59.7 Å². The second-order valence-electron chi connectivity index (χ2n) is 3.20. The van der Waals surface area contributed by atoms with Crippen LogP contribution in [0.2, 0.25) is 0 Å². The zero-order valence-corrected chi connectivity index (χ0v) is 10.1. The van der Waals surface area contributed by atoms with Gasteiger partial charge < -0.3 is 0 Å². The minimum atomic E-state index is -1.08. The van der Waals surface area contributed by atoms with Crippen LogP contribution >= 0.6 is 0 Å². The average Bonchev–Trinajstić information content (AvgIpc) is 2.27. The second kappa shape index (κ2) is 4.90. The van der Waals surface area contributed by atoms with Crippen LogP contribution in [0.15, 0.2) is 36.4 Å². The number of rotatable bonds is 2. The summed E-state index contributed by atoms with van der Waals surface area (Å²) in [5.41, 5.74) is 0. The van der Waals surface area contributed by atoms with Gasteiger partial charge in [-0.15, -0.1) is 0 Å². The van der Waals surface area contributed by atoms with E-state index in [2.05, 4.69) is 0 Å². The predicted octanol–water partition coefficient (Wildman–Crippen LogP) is 1.90. The van der Waals surface area contributed by atoms with E-state index >= 15 is 0 Å². The molecule has 0 aliphatic heterocycles. The van der Waals surface area contributed by atoms with E-state index in [1.165, 1.54) is 12.1 Å². The fourth-order valence-electron chi connectivity index (χ4n) is 1.26. The first-order chi connectivity index (χ1) is 8.09. The monoisotopic (exact) mass is 306 g/mol. The van der Waals surface area contributed by atoms with E-state index in [0.29, 0.717) is 0 Å². The summed E-state index contributed by atoms with van der Waals surface area (Å²) in [5.74, 6) is -3.14. The van der Waals surface area contributed by atoms with Crippen molar-refractivity contribution in [2.24, 2.45) is 0 Å². The van der Waals surface area contributed by atoms with E-state index in [1.807, 2.05) is 0 Å². The maximum atomic E-state index is 13.3. The van der Waals surface area contributed by atoms with Gasteiger partial charge in [-0.3, -0.25) is 0 Å². The van der Waals surface area contributed by atoms with E-state index in [-0.39, 0.29) is 8.92 Å². The van der Waals surface area contributed by atoms with Crippen molar-refractivity contribution in [3.63, 3.8) is 0 Å². The quantitative estimate of drug-likeness (QED) is 0.587. The first-order valence-electron chi connectivity index (χ1n) is 4.65. The molecule has 0 amide bonds. The number of hydrogen-bond donors (Lipinski definition) is 0. The topological polar surface area (TPSA) is 0 Å². The summed E-state index contributed by atoms with van der Waals surface area (Å²) in [6.45, 7) is 0. The molecule has 0 spiro atoms. The first-order valence-corrected chi connectivity index (χ1v) is 6.37. The summed E-state index contributed by atoms with van der Waals surface area (Å²) in [5, 5.41) is 0. The number of hydrogen-bond acceptors (Lipinski definition) is 0. The van der Waals surface area contributed by atoms with Crippen LogP contribution in [0, 0.1) is 23.3 Å². The van der Waals surface area contributed by atoms with Crippen molar-refractivity contribution in [2.45, 2.75) is 0 Å². The van der Waals surface area contributed by atoms with Crippen molar-refractivity contribution < 1.29 is 17.6 Å². The summed E-state index contributed by atoms with van der Waals surface area (Å²) in [6.07, 6.45) is 0. The van der Waals surface area contributed by atoms with E-state index in [1.54, 1.807) is 0 Å². The Balaban J connectivity index is 2.45. The predicted molar refractivity (Wildman–Crippen MR) is 57.7 cm³/mol. The van der Waals surface area contributed by atoms with Crippen LogP contribution in [0.1, 0.15) is 0 Å². The molecule has 0 atom stereocenters. The van der Waals surface area contributed by atoms with Crippen molar-refractivity contribution >= 4 is 23.9 Å². The van der Waals surface area contributed by atoms with Crippen molar-refractivity contribution in [1.82, 2.24) is 0 Å². The summed E-state index contributed by atoms with van der Waals surface area (Å²) >= 11 is -1.08. The molecule has 0 bridgehead atoms. The van der Waals surface area contributed by atoms with Crippen LogP contribution in [-0.4, -0.2) is 15.0 Å². The first kappa shape index (κ1) is 12.1. The molecule has 5 heteroatoms. The Morgan fingerprint density at radius 3 is 1.18 bits per heavy atom. The fourth-order valence-corrected chi connectivity index (χ4v) is 3.08. The molecular weight excluding hydrogens is 299 g/mol. The third-order valence-electron chi connectivity index (χ3n) is 2.04. The van der Waals surface area contributed by atoms with Gasteiger partial charge in [-0.1, -0.05) is 0 Å². The summed E-state index contributed by atoms with van der Waals surface area (Å²) in [4.78, 5) is 0. The normalized spacial score (nSPS) is 10.6. The van der Waals surface area contributed by atoms with E-state index in [4.69, 9.17) is 0 Å². The molecule has 0 saturated carbocycles. The molecule has 0 nitrogen and oxygen atoms in total. The minimum absolute atomic E-state index is 0.274. The molecule has 0 saturated heterocycles. The van der Waals surface area contributed by atoms with Crippen LogP contribution in [0.5, 0.6) is 0 Å². The fraction of sp³-hybridized carbons (Fsp3) is 0. The van der Waals surface area contributed by atoms with Crippen LogP contribution in [0.4, 0.5) is 17.6 Å². The van der Waals surface area contributed by atoms with Crippen LogP contribution in [0.25, 0.3) is 0 Å². The van der Waals surface area contributed by atoms with Gasteiger partial charge in [0.25, 0.3) is 0 Å². The molecular formula is C12H6F4Se. The van der Waals surface area contributed by atoms with Gasteiger partial charge in [0.2, 0.25) is 0 Å². The molecule has 0 radical (unpaired) electrons. The van der Waals surface area contributed by atoms with Gasteiger partial charge in [0.05, 0.1) is 0 Å². The van der Waals surface area contributed by atoms with Gasteiger partial charge in [0.1, 0.15) is 0 Å². The van der Waals surface area contributed by atoms with Gasteiger partial charge in [-0.25, -0.2) is 0 Å². The molecule has 0 heterocycles. The van der Waals surface area contributed by atoms with Crippen LogP contribution < -0.4 is 8.92 Å². The van der Waals surface area contributed by atoms with E-state index in [9.17, 15) is 17.6 Å². The van der Waals surface area contributed by atoms with E-state index < -0.39 is 38.2 Å². The molecule has 2 aromatic carbocycles. The van der Waals surface area contributed by atoms with Gasteiger partial charge in [-0.05, 0) is 0 Å². The molecule has 17 heavy (non-hydrogen) atoms. The molecule has 0 aromatic heterocycles. The van der Waals surface area contributed by atoms with Crippen LogP contribution in [-0.2, 0) is 0 Å². The Hall–Kier alpha value is -1.32. The third kappa shape index (κ3) is 2.51. The molecule has 0 N–H and O–H groups in total. The zero-order valence-electron chi connectivity index (χ0n) is 8.38. The summed E-state index contributed by atoms with van der Waals surface area (Å²) in [7, 11) is 0. The zero-order chi connectivity index (χ0) is 12.4. The van der Waals surface area contributed by atoms with Gasteiger partial charge in [0, 0.05) is 0 Å². The Labute approximate surface area is 101 Å². The van der Waals surface area contributed by atoms with Crippen LogP contribution in [0.3, 0.4) is 0 Å². The summed E-state index contributed by atoms with van der Waals surface area (Å²) < 4.78 is 52.8. The second-order valence-corrected chi connectivity index (χ2v) is 5.34.